The molecular formula is C22H21N3O4. The van der Waals surface area contributed by atoms with Gasteiger partial charge in [0.25, 0.3) is 5.91 Å². The van der Waals surface area contributed by atoms with E-state index in [0.29, 0.717) is 37.4 Å². The Hall–Kier alpha value is -3.48. The van der Waals surface area contributed by atoms with Crippen LogP contribution in [-0.2, 0) is 4.74 Å². The first-order valence-electron chi connectivity index (χ1n) is 9.51. The fourth-order valence-electron chi connectivity index (χ4n) is 3.47. The molecule has 0 bridgehead atoms. The van der Waals surface area contributed by atoms with E-state index in [1.54, 1.807) is 35.4 Å². The molecule has 3 aromatic rings. The third-order valence-corrected chi connectivity index (χ3v) is 5.01. The summed E-state index contributed by atoms with van der Waals surface area (Å²) in [6.45, 7) is 1.08. The van der Waals surface area contributed by atoms with Crippen molar-refractivity contribution in [3.05, 3.63) is 65.9 Å². The second-order valence-corrected chi connectivity index (χ2v) is 6.84. The van der Waals surface area contributed by atoms with Crippen LogP contribution in [0.25, 0.3) is 11.0 Å². The van der Waals surface area contributed by atoms with E-state index in [1.807, 2.05) is 24.3 Å². The summed E-state index contributed by atoms with van der Waals surface area (Å²) < 4.78 is 10.8. The summed E-state index contributed by atoms with van der Waals surface area (Å²) in [5.74, 6) is -0.193. The standard InChI is InChI=1S/C22H21N3O4/c1-28-22(27)17-7-3-2-6-16(17)21(26)25-12-10-15(11-13-25)29-20-14-23-18-8-4-5-9-19(18)24-20/h2-9,14-15H,10-13H2,1H3. The van der Waals surface area contributed by atoms with Gasteiger partial charge in [0.1, 0.15) is 6.10 Å². The number of likely N-dealkylation sites (tertiary alicyclic amines) is 1. The number of hydrogen-bond acceptors (Lipinski definition) is 6. The molecule has 0 spiro atoms. The lowest BCUT2D eigenvalue weighted by Crippen LogP contribution is -2.42. The second-order valence-electron chi connectivity index (χ2n) is 6.84. The monoisotopic (exact) mass is 391 g/mol. The maximum absolute atomic E-state index is 12.9. The molecule has 4 rings (SSSR count). The number of methoxy groups -OCH3 is 1. The van der Waals surface area contributed by atoms with Crippen molar-refractivity contribution in [3.63, 3.8) is 0 Å². The van der Waals surface area contributed by atoms with E-state index < -0.39 is 5.97 Å². The van der Waals surface area contributed by atoms with Crippen LogP contribution in [0.5, 0.6) is 5.88 Å². The number of esters is 1. The molecule has 7 heteroatoms. The zero-order valence-corrected chi connectivity index (χ0v) is 16.1. The number of hydrogen-bond donors (Lipinski definition) is 0. The molecule has 0 atom stereocenters. The van der Waals surface area contributed by atoms with Crippen molar-refractivity contribution < 1.29 is 19.1 Å². The minimum atomic E-state index is -0.512. The normalized spacial score (nSPS) is 14.6. The molecule has 1 aliphatic heterocycles. The van der Waals surface area contributed by atoms with Crippen molar-refractivity contribution in [1.29, 1.82) is 0 Å². The number of fused-ring (bicyclic) bond motifs is 1. The fraction of sp³-hybridized carbons (Fsp3) is 0.273. The summed E-state index contributed by atoms with van der Waals surface area (Å²) in [5, 5.41) is 0. The van der Waals surface area contributed by atoms with Gasteiger partial charge in [0.05, 0.1) is 35.5 Å². The van der Waals surface area contributed by atoms with Gasteiger partial charge in [-0.2, -0.15) is 0 Å². The van der Waals surface area contributed by atoms with Gasteiger partial charge in [-0.15, -0.1) is 0 Å². The molecule has 7 nitrogen and oxygen atoms in total. The van der Waals surface area contributed by atoms with Crippen molar-refractivity contribution >= 4 is 22.9 Å². The van der Waals surface area contributed by atoms with Crippen LogP contribution in [0.4, 0.5) is 0 Å². The van der Waals surface area contributed by atoms with Crippen molar-refractivity contribution in [2.45, 2.75) is 18.9 Å². The van der Waals surface area contributed by atoms with E-state index >= 15 is 0 Å². The summed E-state index contributed by atoms with van der Waals surface area (Å²) in [6.07, 6.45) is 2.96. The first-order valence-corrected chi connectivity index (χ1v) is 9.51. The Bertz CT molecular complexity index is 1040. The Balaban J connectivity index is 1.40. The molecule has 1 fully saturated rings. The van der Waals surface area contributed by atoms with Gasteiger partial charge in [0.2, 0.25) is 5.88 Å². The molecule has 1 amide bonds. The average Bonchev–Trinajstić information content (AvgIpc) is 2.78. The first kappa shape index (κ1) is 18.9. The van der Waals surface area contributed by atoms with Crippen molar-refractivity contribution in [1.82, 2.24) is 14.9 Å². The molecule has 2 heterocycles. The quantitative estimate of drug-likeness (QED) is 0.636. The number of ether oxygens (including phenoxy) is 2. The number of carbonyl (C=O) groups is 2. The van der Waals surface area contributed by atoms with E-state index in [1.165, 1.54) is 7.11 Å². The van der Waals surface area contributed by atoms with Crippen LogP contribution in [0.15, 0.2) is 54.7 Å². The van der Waals surface area contributed by atoms with Gasteiger partial charge >= 0.3 is 5.97 Å². The molecule has 0 aliphatic carbocycles. The van der Waals surface area contributed by atoms with Crippen molar-refractivity contribution in [2.75, 3.05) is 20.2 Å². The number of rotatable bonds is 4. The number of aromatic nitrogens is 2. The lowest BCUT2D eigenvalue weighted by atomic mass is 10.0. The molecule has 148 valence electrons. The smallest absolute Gasteiger partial charge is 0.338 e. The van der Waals surface area contributed by atoms with Gasteiger partial charge in [0, 0.05) is 25.9 Å². The van der Waals surface area contributed by atoms with Gasteiger partial charge in [0.15, 0.2) is 0 Å². The molecular weight excluding hydrogens is 370 g/mol. The number of amides is 1. The van der Waals surface area contributed by atoms with E-state index in [-0.39, 0.29) is 17.6 Å². The maximum atomic E-state index is 12.9. The molecule has 29 heavy (non-hydrogen) atoms. The number of carbonyl (C=O) groups excluding carboxylic acids is 2. The maximum Gasteiger partial charge on any atom is 0.338 e. The summed E-state index contributed by atoms with van der Waals surface area (Å²) in [7, 11) is 1.31. The molecule has 0 N–H and O–H groups in total. The zero-order chi connectivity index (χ0) is 20.2. The van der Waals surface area contributed by atoms with Crippen LogP contribution in [0.2, 0.25) is 0 Å². The Kier molecular flexibility index (Phi) is 5.37. The van der Waals surface area contributed by atoms with Crippen LogP contribution >= 0.6 is 0 Å². The average molecular weight is 391 g/mol. The van der Waals surface area contributed by atoms with Crippen molar-refractivity contribution in [3.8, 4) is 5.88 Å². The summed E-state index contributed by atoms with van der Waals surface area (Å²) >= 11 is 0. The van der Waals surface area contributed by atoms with Crippen LogP contribution < -0.4 is 4.74 Å². The van der Waals surface area contributed by atoms with E-state index in [4.69, 9.17) is 9.47 Å². The van der Waals surface area contributed by atoms with Crippen LogP contribution in [0, 0.1) is 0 Å². The number of nitrogens with zero attached hydrogens (tertiary/aromatic N) is 3. The Morgan fingerprint density at radius 1 is 0.966 bits per heavy atom. The lowest BCUT2D eigenvalue weighted by molar-refractivity contribution is 0.0552. The SMILES string of the molecule is COC(=O)c1ccccc1C(=O)N1CCC(Oc2cnc3ccccc3n2)CC1. The van der Waals surface area contributed by atoms with Gasteiger partial charge in [-0.1, -0.05) is 24.3 Å². The van der Waals surface area contributed by atoms with Gasteiger partial charge < -0.3 is 14.4 Å². The molecule has 1 saturated heterocycles. The van der Waals surface area contributed by atoms with Crippen LogP contribution in [0.1, 0.15) is 33.6 Å². The van der Waals surface area contributed by atoms with Gasteiger partial charge in [-0.25, -0.2) is 14.8 Å². The summed E-state index contributed by atoms with van der Waals surface area (Å²) in [4.78, 5) is 35.5. The van der Waals surface area contributed by atoms with Crippen molar-refractivity contribution in [2.24, 2.45) is 0 Å². The van der Waals surface area contributed by atoms with Gasteiger partial charge in [-0.05, 0) is 24.3 Å². The van der Waals surface area contributed by atoms with Crippen LogP contribution in [0.3, 0.4) is 0 Å². The highest BCUT2D eigenvalue weighted by Crippen LogP contribution is 2.21. The van der Waals surface area contributed by atoms with E-state index in [2.05, 4.69) is 9.97 Å². The Morgan fingerprint density at radius 3 is 2.34 bits per heavy atom. The van der Waals surface area contributed by atoms with Gasteiger partial charge in [-0.3, -0.25) is 4.79 Å². The predicted molar refractivity (Wildman–Crippen MR) is 107 cm³/mol. The third-order valence-electron chi connectivity index (χ3n) is 5.01. The number of benzene rings is 2. The lowest BCUT2D eigenvalue weighted by Gasteiger charge is -2.32. The van der Waals surface area contributed by atoms with E-state index in [9.17, 15) is 9.59 Å². The third kappa shape index (κ3) is 4.03. The zero-order valence-electron chi connectivity index (χ0n) is 16.1. The topological polar surface area (TPSA) is 81.6 Å². The highest BCUT2D eigenvalue weighted by atomic mass is 16.5. The first-order chi connectivity index (χ1) is 14.2. The highest BCUT2D eigenvalue weighted by molar-refractivity contribution is 6.05. The molecule has 2 aromatic carbocycles. The second kappa shape index (κ2) is 8.26. The minimum Gasteiger partial charge on any atom is -0.473 e. The molecule has 1 aliphatic rings. The molecule has 0 saturated carbocycles. The Morgan fingerprint density at radius 2 is 1.62 bits per heavy atom. The van der Waals surface area contributed by atoms with E-state index in [0.717, 1.165) is 11.0 Å². The summed E-state index contributed by atoms with van der Waals surface area (Å²) in [5.41, 5.74) is 2.26. The number of para-hydroxylation sites is 2. The highest BCUT2D eigenvalue weighted by Gasteiger charge is 2.27. The molecule has 0 radical (unpaired) electrons. The summed E-state index contributed by atoms with van der Waals surface area (Å²) in [6, 6.07) is 14.4. The number of piperidine rings is 1. The Labute approximate surface area is 168 Å². The minimum absolute atomic E-state index is 0.0367. The largest absolute Gasteiger partial charge is 0.473 e. The molecule has 0 unspecified atom stereocenters. The fourth-order valence-corrected chi connectivity index (χ4v) is 3.47. The van der Waals surface area contributed by atoms with Crippen LogP contribution in [-0.4, -0.2) is 53.0 Å². The molecule has 1 aromatic heterocycles. The predicted octanol–water partition coefficient (Wildman–Crippen LogP) is 3.10.